The van der Waals surface area contributed by atoms with Crippen LogP contribution in [-0.2, 0) is 13.5 Å². The Morgan fingerprint density at radius 1 is 1.00 bits per heavy atom. The number of hydrogen-bond donors (Lipinski definition) is 0. The fourth-order valence-electron chi connectivity index (χ4n) is 4.72. The second kappa shape index (κ2) is 5.48. The van der Waals surface area contributed by atoms with Gasteiger partial charge in [-0.05, 0) is 27.9 Å². The summed E-state index contributed by atoms with van der Waals surface area (Å²) in [6.45, 7) is 12.5. The van der Waals surface area contributed by atoms with Gasteiger partial charge in [0.25, 0.3) is 6.33 Å². The maximum atomic E-state index is 4.70. The van der Waals surface area contributed by atoms with Crippen LogP contribution in [0.15, 0.2) is 30.6 Å². The SMILES string of the molecule is CCc1c2cc3c4c(ccc3cc2nc[n+]1C)[Si](C)(C)CC[Si]4(C)C. The van der Waals surface area contributed by atoms with Crippen molar-refractivity contribution in [3.63, 3.8) is 0 Å². The van der Waals surface area contributed by atoms with Crippen LogP contribution >= 0.6 is 0 Å². The molecule has 4 rings (SSSR count). The molecular weight excluding hydrogens is 336 g/mol. The lowest BCUT2D eigenvalue weighted by Crippen LogP contribution is -2.63. The van der Waals surface area contributed by atoms with E-state index in [9.17, 15) is 0 Å². The third kappa shape index (κ3) is 2.49. The molecule has 0 amide bonds. The Bertz CT molecular complexity index is 1010. The zero-order chi connectivity index (χ0) is 18.0. The van der Waals surface area contributed by atoms with Gasteiger partial charge in [-0.25, -0.2) is 4.57 Å². The first-order valence-corrected chi connectivity index (χ1v) is 15.9. The van der Waals surface area contributed by atoms with Gasteiger partial charge < -0.3 is 0 Å². The van der Waals surface area contributed by atoms with Gasteiger partial charge in [0.2, 0.25) is 0 Å². The molecule has 25 heavy (non-hydrogen) atoms. The van der Waals surface area contributed by atoms with Gasteiger partial charge in [0.1, 0.15) is 5.69 Å². The van der Waals surface area contributed by atoms with Crippen molar-refractivity contribution < 1.29 is 4.57 Å². The highest BCUT2D eigenvalue weighted by Crippen LogP contribution is 2.30. The van der Waals surface area contributed by atoms with Crippen molar-refractivity contribution in [3.05, 3.63) is 36.3 Å². The van der Waals surface area contributed by atoms with Crippen LogP contribution in [0.5, 0.6) is 0 Å². The fourth-order valence-corrected chi connectivity index (χ4v) is 15.4. The van der Waals surface area contributed by atoms with E-state index in [4.69, 9.17) is 4.98 Å². The number of rotatable bonds is 1. The Kier molecular flexibility index (Phi) is 3.71. The second-order valence-electron chi connectivity index (χ2n) is 9.00. The van der Waals surface area contributed by atoms with Crippen LogP contribution in [0.2, 0.25) is 38.3 Å². The van der Waals surface area contributed by atoms with E-state index in [2.05, 4.69) is 69.0 Å². The summed E-state index contributed by atoms with van der Waals surface area (Å²) in [5, 5.41) is 7.71. The van der Waals surface area contributed by atoms with E-state index >= 15 is 0 Å². The average molecular weight is 366 g/mol. The van der Waals surface area contributed by atoms with Crippen molar-refractivity contribution in [2.24, 2.45) is 7.05 Å². The number of aryl methyl sites for hydroxylation is 2. The smallest absolute Gasteiger partial charge is 0.236 e. The molecule has 2 aromatic carbocycles. The molecule has 0 bridgehead atoms. The van der Waals surface area contributed by atoms with Crippen LogP contribution in [0.3, 0.4) is 0 Å². The minimum Gasteiger partial charge on any atom is -0.236 e. The van der Waals surface area contributed by atoms with Crippen molar-refractivity contribution in [2.75, 3.05) is 0 Å². The Morgan fingerprint density at radius 3 is 2.44 bits per heavy atom. The number of fused-ring (bicyclic) bond motifs is 4. The molecule has 0 saturated heterocycles. The maximum absolute atomic E-state index is 4.70. The highest BCUT2D eigenvalue weighted by Gasteiger charge is 2.40. The van der Waals surface area contributed by atoms with E-state index < -0.39 is 16.1 Å². The largest absolute Gasteiger partial charge is 0.286 e. The van der Waals surface area contributed by atoms with E-state index in [1.165, 1.54) is 33.9 Å². The second-order valence-corrected chi connectivity index (χ2v) is 18.6. The Hall–Kier alpha value is -1.53. The molecule has 0 N–H and O–H groups in total. The molecular formula is C21H29N2Si2+. The molecule has 4 heteroatoms. The third-order valence-corrected chi connectivity index (χ3v) is 13.9. The molecule has 2 heterocycles. The van der Waals surface area contributed by atoms with Crippen molar-refractivity contribution in [3.8, 4) is 0 Å². The lowest BCUT2D eigenvalue weighted by atomic mass is 10.0. The van der Waals surface area contributed by atoms with Crippen LogP contribution in [0.25, 0.3) is 21.7 Å². The summed E-state index contributed by atoms with van der Waals surface area (Å²) in [5.74, 6) is 0. The number of hydrogen-bond acceptors (Lipinski definition) is 1. The normalized spacial score (nSPS) is 18.5. The van der Waals surface area contributed by atoms with Crippen LogP contribution in [-0.4, -0.2) is 21.1 Å². The molecule has 3 aromatic rings. The van der Waals surface area contributed by atoms with Gasteiger partial charge in [-0.1, -0.05) is 67.7 Å². The number of benzene rings is 2. The van der Waals surface area contributed by atoms with Crippen LogP contribution < -0.4 is 14.9 Å². The minimum atomic E-state index is -1.39. The van der Waals surface area contributed by atoms with Crippen molar-refractivity contribution in [1.82, 2.24) is 4.98 Å². The van der Waals surface area contributed by atoms with Gasteiger partial charge in [-0.2, -0.15) is 0 Å². The maximum Gasteiger partial charge on any atom is 0.286 e. The highest BCUT2D eigenvalue weighted by atomic mass is 28.3. The Labute approximate surface area is 152 Å². The summed E-state index contributed by atoms with van der Waals surface area (Å²) >= 11 is 0. The van der Waals surface area contributed by atoms with E-state index in [1.54, 1.807) is 10.4 Å². The molecule has 2 nitrogen and oxygen atoms in total. The lowest BCUT2D eigenvalue weighted by molar-refractivity contribution is -0.680. The summed E-state index contributed by atoms with van der Waals surface area (Å²) in [6, 6.07) is 12.5. The minimum absolute atomic E-state index is 1.04. The van der Waals surface area contributed by atoms with Gasteiger partial charge in [-0.15, -0.1) is 0 Å². The summed E-state index contributed by atoms with van der Waals surface area (Å²) < 4.78 is 2.19. The molecule has 1 aliphatic rings. The molecule has 1 aliphatic heterocycles. The van der Waals surface area contributed by atoms with E-state index in [1.807, 2.05) is 6.33 Å². The summed E-state index contributed by atoms with van der Waals surface area (Å²) in [7, 11) is -0.573. The summed E-state index contributed by atoms with van der Waals surface area (Å²) in [6.07, 6.45) is 3.00. The van der Waals surface area contributed by atoms with Gasteiger partial charge in [-0.3, -0.25) is 0 Å². The molecule has 0 aliphatic carbocycles. The molecule has 0 spiro atoms. The zero-order valence-electron chi connectivity index (χ0n) is 16.4. The first-order valence-electron chi connectivity index (χ1n) is 9.49. The topological polar surface area (TPSA) is 16.8 Å². The van der Waals surface area contributed by atoms with Gasteiger partial charge >= 0.3 is 0 Å². The van der Waals surface area contributed by atoms with E-state index in [0.717, 1.165) is 11.9 Å². The molecule has 0 atom stereocenters. The van der Waals surface area contributed by atoms with E-state index in [-0.39, 0.29) is 0 Å². The van der Waals surface area contributed by atoms with Gasteiger partial charge in [0, 0.05) is 6.42 Å². The predicted molar refractivity (Wildman–Crippen MR) is 114 cm³/mol. The summed E-state index contributed by atoms with van der Waals surface area (Å²) in [5.41, 5.74) is 2.52. The zero-order valence-corrected chi connectivity index (χ0v) is 18.4. The third-order valence-electron chi connectivity index (χ3n) is 6.36. The molecule has 0 unspecified atom stereocenters. The van der Waals surface area contributed by atoms with E-state index in [0.29, 0.717) is 0 Å². The van der Waals surface area contributed by atoms with Crippen molar-refractivity contribution in [1.29, 1.82) is 0 Å². The van der Waals surface area contributed by atoms with Crippen molar-refractivity contribution in [2.45, 2.75) is 51.6 Å². The molecule has 130 valence electrons. The number of aromatic nitrogens is 2. The lowest BCUT2D eigenvalue weighted by Gasteiger charge is -2.40. The first kappa shape index (κ1) is 16.9. The monoisotopic (exact) mass is 365 g/mol. The predicted octanol–water partition coefficient (Wildman–Crippen LogP) is 3.62. The average Bonchev–Trinajstić information content (AvgIpc) is 2.56. The highest BCUT2D eigenvalue weighted by molar-refractivity contribution is 7.04. The van der Waals surface area contributed by atoms with Gasteiger partial charge in [0.15, 0.2) is 5.52 Å². The molecule has 0 saturated carbocycles. The molecule has 1 aromatic heterocycles. The van der Waals surface area contributed by atoms with Crippen LogP contribution in [0.1, 0.15) is 12.6 Å². The fraction of sp³-hybridized carbons (Fsp3) is 0.429. The standard InChI is InChI=1S/C21H29N2Si2/c1-7-19-17-13-16-15(12-18(17)22-14-23(19)2)8-9-20-21(16)25(5,6)11-10-24(20,3)4/h8-9,12-14H,7,10-11H2,1-6H3/q+1. The Morgan fingerprint density at radius 2 is 1.72 bits per heavy atom. The van der Waals surface area contributed by atoms with Crippen molar-refractivity contribution >= 4 is 48.2 Å². The number of nitrogens with zero attached hydrogens (tertiary/aromatic N) is 2. The van der Waals surface area contributed by atoms with Crippen LogP contribution in [0.4, 0.5) is 0 Å². The van der Waals surface area contributed by atoms with Gasteiger partial charge in [0.05, 0.1) is 28.6 Å². The molecule has 0 radical (unpaired) electrons. The molecule has 0 fully saturated rings. The first-order chi connectivity index (χ1) is 11.7. The summed E-state index contributed by atoms with van der Waals surface area (Å²) in [4.78, 5) is 4.70. The quantitative estimate of drug-likeness (QED) is 0.366. The Balaban J connectivity index is 2.16. The van der Waals surface area contributed by atoms with Crippen LogP contribution in [0, 0.1) is 0 Å².